The second-order valence-electron chi connectivity index (χ2n) is 4.19. The van der Waals surface area contributed by atoms with Gasteiger partial charge in [-0.15, -0.1) is 11.3 Å². The summed E-state index contributed by atoms with van der Waals surface area (Å²) in [7, 11) is 0. The Hall–Kier alpha value is -1.52. The van der Waals surface area contributed by atoms with Crippen molar-refractivity contribution in [3.63, 3.8) is 0 Å². The molecule has 0 radical (unpaired) electrons. The number of hydrogen-bond acceptors (Lipinski definition) is 3. The summed E-state index contributed by atoms with van der Waals surface area (Å²) in [6, 6.07) is 13.7. The molecule has 0 aliphatic rings. The van der Waals surface area contributed by atoms with Crippen molar-refractivity contribution >= 4 is 44.0 Å². The zero-order valence-electron chi connectivity index (χ0n) is 9.97. The van der Waals surface area contributed by atoms with Crippen molar-refractivity contribution < 1.29 is 4.79 Å². The number of benzene rings is 1. The Bertz CT molecular complexity index is 737. The van der Waals surface area contributed by atoms with E-state index in [9.17, 15) is 4.79 Å². The predicted octanol–water partition coefficient (Wildman–Crippen LogP) is 4.48. The van der Waals surface area contributed by atoms with E-state index in [-0.39, 0.29) is 5.78 Å². The highest BCUT2D eigenvalue weighted by atomic mass is 79.9. The minimum atomic E-state index is 0.0417. The molecule has 94 valence electrons. The van der Waals surface area contributed by atoms with Crippen molar-refractivity contribution in [3.8, 4) is 0 Å². The Morgan fingerprint density at radius 1 is 1.21 bits per heavy atom. The zero-order valence-corrected chi connectivity index (χ0v) is 12.4. The van der Waals surface area contributed by atoms with Crippen LogP contribution in [0.15, 0.2) is 52.3 Å². The van der Waals surface area contributed by atoms with Crippen molar-refractivity contribution in [2.75, 3.05) is 0 Å². The van der Waals surface area contributed by atoms with Gasteiger partial charge in [0.1, 0.15) is 5.69 Å². The molecular weight excluding hydrogens is 322 g/mol. The molecule has 3 aromatic rings. The number of ketones is 1. The highest BCUT2D eigenvalue weighted by Crippen LogP contribution is 2.23. The summed E-state index contributed by atoms with van der Waals surface area (Å²) in [5.74, 6) is 0.0417. The van der Waals surface area contributed by atoms with Crippen LogP contribution in [0.4, 0.5) is 0 Å². The molecule has 0 spiro atoms. The van der Waals surface area contributed by atoms with Crippen molar-refractivity contribution in [2.45, 2.75) is 6.42 Å². The topological polar surface area (TPSA) is 30.0 Å². The number of hydrogen-bond donors (Lipinski definition) is 0. The van der Waals surface area contributed by atoms with Crippen LogP contribution in [0.5, 0.6) is 0 Å². The van der Waals surface area contributed by atoms with Gasteiger partial charge in [-0.05, 0) is 39.5 Å². The quantitative estimate of drug-likeness (QED) is 0.662. The first-order valence-corrected chi connectivity index (χ1v) is 7.52. The average Bonchev–Trinajstić information content (AvgIpc) is 2.90. The van der Waals surface area contributed by atoms with Crippen LogP contribution in [0.1, 0.15) is 15.4 Å². The lowest BCUT2D eigenvalue weighted by Gasteiger charge is -2.04. The van der Waals surface area contributed by atoms with Gasteiger partial charge in [-0.3, -0.25) is 4.79 Å². The third-order valence-electron chi connectivity index (χ3n) is 2.86. The lowest BCUT2D eigenvalue weighted by molar-refractivity contribution is 0.0988. The summed E-state index contributed by atoms with van der Waals surface area (Å²) in [5, 5.41) is 3.01. The second kappa shape index (κ2) is 5.23. The maximum absolute atomic E-state index is 12.3. The van der Waals surface area contributed by atoms with Crippen LogP contribution in [0.25, 0.3) is 10.9 Å². The fourth-order valence-corrected chi connectivity index (χ4v) is 3.20. The number of pyridine rings is 1. The molecule has 0 bridgehead atoms. The van der Waals surface area contributed by atoms with Gasteiger partial charge in [0.05, 0.1) is 5.52 Å². The largest absolute Gasteiger partial charge is 0.292 e. The Morgan fingerprint density at radius 2 is 2.05 bits per heavy atom. The average molecular weight is 332 g/mol. The Morgan fingerprint density at radius 3 is 2.84 bits per heavy atom. The number of fused-ring (bicyclic) bond motifs is 1. The Labute approximate surface area is 123 Å². The lowest BCUT2D eigenvalue weighted by Crippen LogP contribution is -2.06. The number of thiophene rings is 1. The molecule has 0 N–H and O–H groups in total. The van der Waals surface area contributed by atoms with E-state index in [1.54, 1.807) is 11.3 Å². The van der Waals surface area contributed by atoms with Gasteiger partial charge in [0, 0.05) is 21.2 Å². The smallest absolute Gasteiger partial charge is 0.187 e. The normalized spacial score (nSPS) is 10.8. The maximum Gasteiger partial charge on any atom is 0.187 e. The lowest BCUT2D eigenvalue weighted by atomic mass is 10.1. The van der Waals surface area contributed by atoms with E-state index >= 15 is 0 Å². The van der Waals surface area contributed by atoms with Gasteiger partial charge < -0.3 is 0 Å². The monoisotopic (exact) mass is 331 g/mol. The predicted molar refractivity (Wildman–Crippen MR) is 81.8 cm³/mol. The third kappa shape index (κ3) is 2.60. The second-order valence-corrected chi connectivity index (χ2v) is 6.08. The maximum atomic E-state index is 12.3. The summed E-state index contributed by atoms with van der Waals surface area (Å²) in [4.78, 5) is 17.8. The van der Waals surface area contributed by atoms with E-state index in [4.69, 9.17) is 0 Å². The van der Waals surface area contributed by atoms with Crippen molar-refractivity contribution in [2.24, 2.45) is 0 Å². The van der Waals surface area contributed by atoms with Crippen LogP contribution in [0.2, 0.25) is 0 Å². The van der Waals surface area contributed by atoms with Crippen LogP contribution in [-0.4, -0.2) is 10.8 Å². The molecule has 0 atom stereocenters. The fraction of sp³-hybridized carbons (Fsp3) is 0.0667. The Balaban J connectivity index is 1.99. The molecule has 2 aromatic heterocycles. The van der Waals surface area contributed by atoms with Gasteiger partial charge in [0.15, 0.2) is 5.78 Å². The molecule has 0 aliphatic heterocycles. The van der Waals surface area contributed by atoms with Crippen LogP contribution >= 0.6 is 27.3 Å². The molecule has 1 aromatic carbocycles. The highest BCUT2D eigenvalue weighted by molar-refractivity contribution is 9.10. The van der Waals surface area contributed by atoms with E-state index in [0.717, 1.165) is 20.3 Å². The van der Waals surface area contributed by atoms with Gasteiger partial charge in [-0.1, -0.05) is 24.3 Å². The third-order valence-corrected chi connectivity index (χ3v) is 4.34. The molecule has 2 heterocycles. The molecule has 0 saturated carbocycles. The number of para-hydroxylation sites is 1. The minimum Gasteiger partial charge on any atom is -0.292 e. The summed E-state index contributed by atoms with van der Waals surface area (Å²) in [6.07, 6.45) is 0.404. The zero-order chi connectivity index (χ0) is 13.2. The number of Topliss-reactive ketones (excluding diaryl/α,β-unsaturated/α-hetero) is 1. The van der Waals surface area contributed by atoms with Gasteiger partial charge in [0.2, 0.25) is 0 Å². The van der Waals surface area contributed by atoms with Crippen LogP contribution < -0.4 is 0 Å². The molecule has 0 unspecified atom stereocenters. The van der Waals surface area contributed by atoms with Crippen molar-refractivity contribution in [1.29, 1.82) is 0 Å². The molecule has 19 heavy (non-hydrogen) atoms. The molecule has 4 heteroatoms. The van der Waals surface area contributed by atoms with Gasteiger partial charge in [0.25, 0.3) is 0 Å². The first-order valence-electron chi connectivity index (χ1n) is 5.85. The van der Waals surface area contributed by atoms with Crippen LogP contribution in [0, 0.1) is 0 Å². The minimum absolute atomic E-state index is 0.0417. The Kier molecular flexibility index (Phi) is 3.44. The van der Waals surface area contributed by atoms with Crippen LogP contribution in [-0.2, 0) is 6.42 Å². The summed E-state index contributed by atoms with van der Waals surface area (Å²) in [6.45, 7) is 0. The van der Waals surface area contributed by atoms with Crippen molar-refractivity contribution in [1.82, 2.24) is 4.98 Å². The number of carbonyl (C=O) groups excluding carboxylic acids is 1. The standard InChI is InChI=1S/C15H10BrNOS/c16-12-8-10-4-1-2-6-13(10)17-15(12)14(18)9-11-5-3-7-19-11/h1-8H,9H2. The van der Waals surface area contributed by atoms with Crippen LogP contribution in [0.3, 0.4) is 0 Å². The first kappa shape index (κ1) is 12.5. The van der Waals surface area contributed by atoms with E-state index in [1.807, 2.05) is 47.8 Å². The molecular formula is C15H10BrNOS. The molecule has 0 saturated heterocycles. The highest BCUT2D eigenvalue weighted by Gasteiger charge is 2.14. The molecule has 2 nitrogen and oxygen atoms in total. The van der Waals surface area contributed by atoms with E-state index in [2.05, 4.69) is 20.9 Å². The van der Waals surface area contributed by atoms with Gasteiger partial charge >= 0.3 is 0 Å². The summed E-state index contributed by atoms with van der Waals surface area (Å²) < 4.78 is 0.757. The number of nitrogens with zero attached hydrogens (tertiary/aromatic N) is 1. The van der Waals surface area contributed by atoms with Gasteiger partial charge in [-0.2, -0.15) is 0 Å². The number of halogens is 1. The summed E-state index contributed by atoms with van der Waals surface area (Å²) in [5.41, 5.74) is 1.35. The summed E-state index contributed by atoms with van der Waals surface area (Å²) >= 11 is 5.03. The van der Waals surface area contributed by atoms with E-state index < -0.39 is 0 Å². The molecule has 0 amide bonds. The van der Waals surface area contributed by atoms with Crippen molar-refractivity contribution in [3.05, 3.63) is 62.9 Å². The molecule has 0 fully saturated rings. The molecule has 0 aliphatic carbocycles. The van der Waals surface area contributed by atoms with Gasteiger partial charge in [-0.25, -0.2) is 4.98 Å². The number of carbonyl (C=O) groups is 1. The first-order chi connectivity index (χ1) is 9.24. The van der Waals surface area contributed by atoms with E-state index in [1.165, 1.54) is 0 Å². The SMILES string of the molecule is O=C(Cc1cccs1)c1nc2ccccc2cc1Br. The number of rotatable bonds is 3. The fourth-order valence-electron chi connectivity index (χ4n) is 1.94. The van der Waals surface area contributed by atoms with E-state index in [0.29, 0.717) is 12.1 Å². The number of aromatic nitrogens is 1. The molecule has 3 rings (SSSR count).